The van der Waals surface area contributed by atoms with Gasteiger partial charge in [-0.05, 0) is 38.7 Å². The van der Waals surface area contributed by atoms with Crippen molar-refractivity contribution in [2.75, 3.05) is 0 Å². The minimum atomic E-state index is 0.507. The molecule has 1 N–H and O–H groups in total. The topological polar surface area (TPSA) is 29.9 Å². The Kier molecular flexibility index (Phi) is 4.21. The summed E-state index contributed by atoms with van der Waals surface area (Å²) in [4.78, 5) is 0. The second-order valence-electron chi connectivity index (χ2n) is 5.51. The molecule has 0 spiro atoms. The van der Waals surface area contributed by atoms with Crippen molar-refractivity contribution in [2.24, 2.45) is 5.92 Å². The molecule has 96 valence electrons. The smallest absolute Gasteiger partial charge is 0.0762 e. The Bertz CT molecular complexity index is 341. The molecule has 2 rings (SSSR count). The Labute approximate surface area is 105 Å². The molecule has 3 nitrogen and oxygen atoms in total. The van der Waals surface area contributed by atoms with E-state index >= 15 is 0 Å². The highest BCUT2D eigenvalue weighted by atomic mass is 15.3. The molecule has 2 unspecified atom stereocenters. The highest BCUT2D eigenvalue weighted by Gasteiger charge is 2.23. The monoisotopic (exact) mass is 235 g/mol. The molecule has 1 heterocycles. The molecule has 17 heavy (non-hydrogen) atoms. The Morgan fingerprint density at radius 2 is 2.24 bits per heavy atom. The van der Waals surface area contributed by atoms with Crippen LogP contribution in [0.5, 0.6) is 0 Å². The van der Waals surface area contributed by atoms with Crippen molar-refractivity contribution in [3.05, 3.63) is 18.0 Å². The van der Waals surface area contributed by atoms with E-state index in [1.165, 1.54) is 19.3 Å². The van der Waals surface area contributed by atoms with E-state index in [0.29, 0.717) is 12.1 Å². The van der Waals surface area contributed by atoms with Gasteiger partial charge >= 0.3 is 0 Å². The van der Waals surface area contributed by atoms with Crippen LogP contribution in [0.1, 0.15) is 58.2 Å². The van der Waals surface area contributed by atoms with Gasteiger partial charge in [0.05, 0.1) is 5.69 Å². The van der Waals surface area contributed by atoms with Crippen LogP contribution >= 0.6 is 0 Å². The Balaban J connectivity index is 1.75. The predicted octanol–water partition coefficient (Wildman–Crippen LogP) is 3.13. The maximum absolute atomic E-state index is 4.60. The molecule has 1 aromatic heterocycles. The zero-order chi connectivity index (χ0) is 12.3. The maximum atomic E-state index is 4.60. The molecule has 2 atom stereocenters. The minimum Gasteiger partial charge on any atom is -0.309 e. The summed E-state index contributed by atoms with van der Waals surface area (Å²) in [6.45, 7) is 7.59. The molecule has 1 aromatic rings. The summed E-state index contributed by atoms with van der Waals surface area (Å²) in [5, 5.41) is 8.17. The fraction of sp³-hybridized carbons (Fsp3) is 0.786. The quantitative estimate of drug-likeness (QED) is 0.787. The number of nitrogens with one attached hydrogen (secondary N) is 1. The second kappa shape index (κ2) is 5.67. The molecular formula is C14H25N3. The first-order valence-electron chi connectivity index (χ1n) is 6.96. The van der Waals surface area contributed by atoms with Gasteiger partial charge in [0.1, 0.15) is 0 Å². The standard InChI is InChI=1S/C14H25N3/c1-4-12(3)17-8-7-14(16-17)10-15-11(2)9-13-5-6-13/h7-8,11-13,15H,4-6,9-10H2,1-3H3. The normalized spacial score (nSPS) is 19.2. The van der Waals surface area contributed by atoms with Gasteiger partial charge in [0.2, 0.25) is 0 Å². The minimum absolute atomic E-state index is 0.507. The summed E-state index contributed by atoms with van der Waals surface area (Å²) < 4.78 is 2.07. The highest BCUT2D eigenvalue weighted by molar-refractivity contribution is 4.99. The van der Waals surface area contributed by atoms with Gasteiger partial charge in [-0.2, -0.15) is 5.10 Å². The Hall–Kier alpha value is -0.830. The summed E-state index contributed by atoms with van der Waals surface area (Å²) in [6.07, 6.45) is 7.43. The molecule has 0 aliphatic heterocycles. The van der Waals surface area contributed by atoms with Crippen LogP contribution in [0.25, 0.3) is 0 Å². The number of rotatable bonds is 7. The first kappa shape index (κ1) is 12.6. The molecule has 0 bridgehead atoms. The van der Waals surface area contributed by atoms with Crippen molar-refractivity contribution in [3.63, 3.8) is 0 Å². The zero-order valence-corrected chi connectivity index (χ0v) is 11.3. The van der Waals surface area contributed by atoms with Crippen LogP contribution in [0.2, 0.25) is 0 Å². The fourth-order valence-corrected chi connectivity index (χ4v) is 2.12. The van der Waals surface area contributed by atoms with Gasteiger partial charge in [0.15, 0.2) is 0 Å². The molecule has 1 aliphatic carbocycles. The van der Waals surface area contributed by atoms with Crippen LogP contribution in [-0.4, -0.2) is 15.8 Å². The van der Waals surface area contributed by atoms with Gasteiger partial charge in [-0.25, -0.2) is 0 Å². The molecule has 0 radical (unpaired) electrons. The van der Waals surface area contributed by atoms with Crippen LogP contribution in [0.4, 0.5) is 0 Å². The maximum Gasteiger partial charge on any atom is 0.0762 e. The lowest BCUT2D eigenvalue weighted by Gasteiger charge is -2.12. The largest absolute Gasteiger partial charge is 0.309 e. The van der Waals surface area contributed by atoms with Crippen LogP contribution in [0.3, 0.4) is 0 Å². The SMILES string of the molecule is CCC(C)n1ccc(CNC(C)CC2CC2)n1. The van der Waals surface area contributed by atoms with Crippen LogP contribution in [-0.2, 0) is 6.54 Å². The summed E-state index contributed by atoms with van der Waals surface area (Å²) in [7, 11) is 0. The third-order valence-electron chi connectivity index (χ3n) is 3.72. The van der Waals surface area contributed by atoms with Crippen molar-refractivity contribution < 1.29 is 0 Å². The number of nitrogens with zero attached hydrogens (tertiary/aromatic N) is 2. The van der Waals surface area contributed by atoms with Gasteiger partial charge < -0.3 is 5.32 Å². The van der Waals surface area contributed by atoms with E-state index in [2.05, 4.69) is 48.1 Å². The van der Waals surface area contributed by atoms with Crippen molar-refractivity contribution in [3.8, 4) is 0 Å². The van der Waals surface area contributed by atoms with E-state index in [1.807, 2.05) is 0 Å². The molecule has 1 aliphatic rings. The molecule has 0 amide bonds. The third-order valence-corrected chi connectivity index (χ3v) is 3.72. The molecule has 1 fully saturated rings. The lowest BCUT2D eigenvalue weighted by atomic mass is 10.1. The first-order valence-corrected chi connectivity index (χ1v) is 6.96. The van der Waals surface area contributed by atoms with Gasteiger partial charge in [-0.15, -0.1) is 0 Å². The molecular weight excluding hydrogens is 210 g/mol. The summed E-state index contributed by atoms with van der Waals surface area (Å²) >= 11 is 0. The molecule has 0 aromatic carbocycles. The third kappa shape index (κ3) is 3.84. The summed E-state index contributed by atoms with van der Waals surface area (Å²) in [5.74, 6) is 0.996. The van der Waals surface area contributed by atoms with Crippen molar-refractivity contribution >= 4 is 0 Å². The lowest BCUT2D eigenvalue weighted by Crippen LogP contribution is -2.26. The van der Waals surface area contributed by atoms with E-state index in [-0.39, 0.29) is 0 Å². The van der Waals surface area contributed by atoms with E-state index in [4.69, 9.17) is 0 Å². The van der Waals surface area contributed by atoms with Crippen LogP contribution in [0.15, 0.2) is 12.3 Å². The van der Waals surface area contributed by atoms with Crippen LogP contribution < -0.4 is 5.32 Å². The van der Waals surface area contributed by atoms with Crippen molar-refractivity contribution in [2.45, 2.75) is 65.1 Å². The molecule has 1 saturated carbocycles. The van der Waals surface area contributed by atoms with E-state index in [0.717, 1.165) is 24.6 Å². The average Bonchev–Trinajstić information content (AvgIpc) is 3.00. The van der Waals surface area contributed by atoms with E-state index < -0.39 is 0 Å². The second-order valence-corrected chi connectivity index (χ2v) is 5.51. The van der Waals surface area contributed by atoms with Crippen molar-refractivity contribution in [1.82, 2.24) is 15.1 Å². The Morgan fingerprint density at radius 3 is 2.88 bits per heavy atom. The average molecular weight is 235 g/mol. The van der Waals surface area contributed by atoms with Gasteiger partial charge in [-0.3, -0.25) is 4.68 Å². The van der Waals surface area contributed by atoms with Gasteiger partial charge in [-0.1, -0.05) is 19.8 Å². The van der Waals surface area contributed by atoms with Gasteiger partial charge in [0, 0.05) is 24.8 Å². The first-order chi connectivity index (χ1) is 8.19. The lowest BCUT2D eigenvalue weighted by molar-refractivity contribution is 0.458. The van der Waals surface area contributed by atoms with E-state index in [1.54, 1.807) is 0 Å². The summed E-state index contributed by atoms with van der Waals surface area (Å²) in [6, 6.07) is 3.26. The fourth-order valence-electron chi connectivity index (χ4n) is 2.12. The van der Waals surface area contributed by atoms with Crippen molar-refractivity contribution in [1.29, 1.82) is 0 Å². The summed E-state index contributed by atoms with van der Waals surface area (Å²) in [5.41, 5.74) is 1.16. The molecule has 3 heteroatoms. The predicted molar refractivity (Wildman–Crippen MR) is 70.9 cm³/mol. The number of hydrogen-bond acceptors (Lipinski definition) is 2. The Morgan fingerprint density at radius 1 is 1.47 bits per heavy atom. The van der Waals surface area contributed by atoms with Crippen LogP contribution in [0, 0.1) is 5.92 Å². The zero-order valence-electron chi connectivity index (χ0n) is 11.3. The highest BCUT2D eigenvalue weighted by Crippen LogP contribution is 2.33. The number of hydrogen-bond donors (Lipinski definition) is 1. The molecule has 0 saturated heterocycles. The van der Waals surface area contributed by atoms with Gasteiger partial charge in [0.25, 0.3) is 0 Å². The van der Waals surface area contributed by atoms with E-state index in [9.17, 15) is 0 Å². The number of aromatic nitrogens is 2.